The van der Waals surface area contributed by atoms with Gasteiger partial charge in [0.05, 0.1) is 0 Å². The Morgan fingerprint density at radius 3 is 3.00 bits per heavy atom. The Balaban J connectivity index is 2.26. The van der Waals surface area contributed by atoms with Crippen LogP contribution in [-0.4, -0.2) is 23.5 Å². The zero-order valence-electron chi connectivity index (χ0n) is 9.25. The number of likely N-dealkylation sites (N-methyl/N-ethyl adjacent to an activating group) is 1. The van der Waals surface area contributed by atoms with Crippen molar-refractivity contribution in [3.05, 3.63) is 35.5 Å². The van der Waals surface area contributed by atoms with Crippen molar-refractivity contribution in [3.63, 3.8) is 0 Å². The second kappa shape index (κ2) is 3.11. The highest BCUT2D eigenvalue weighted by Gasteiger charge is 2.24. The highest BCUT2D eigenvalue weighted by Crippen LogP contribution is 2.32. The van der Waals surface area contributed by atoms with E-state index < -0.39 is 0 Å². The molecule has 1 aliphatic rings. The van der Waals surface area contributed by atoms with Crippen molar-refractivity contribution in [2.24, 2.45) is 0 Å². The maximum absolute atomic E-state index is 3.55. The van der Waals surface area contributed by atoms with Gasteiger partial charge in [-0.2, -0.15) is 0 Å². The third-order valence-corrected chi connectivity index (χ3v) is 3.64. The van der Waals surface area contributed by atoms with Crippen LogP contribution in [-0.2, 0) is 6.42 Å². The van der Waals surface area contributed by atoms with Gasteiger partial charge in [-0.15, -0.1) is 0 Å². The molecule has 0 bridgehead atoms. The number of aromatic amines is 1. The summed E-state index contributed by atoms with van der Waals surface area (Å²) < 4.78 is 0. The first-order chi connectivity index (χ1) is 7.27. The van der Waals surface area contributed by atoms with Gasteiger partial charge in [-0.05, 0) is 32.0 Å². The number of para-hydroxylation sites is 1. The summed E-state index contributed by atoms with van der Waals surface area (Å²) in [5.74, 6) is 0. The second-order valence-electron chi connectivity index (χ2n) is 4.47. The number of hydrogen-bond acceptors (Lipinski definition) is 1. The van der Waals surface area contributed by atoms with E-state index in [9.17, 15) is 0 Å². The zero-order chi connectivity index (χ0) is 10.4. The number of nitrogens with one attached hydrogen (secondary N) is 1. The third kappa shape index (κ3) is 1.21. The summed E-state index contributed by atoms with van der Waals surface area (Å²) in [7, 11) is 2.19. The van der Waals surface area contributed by atoms with Crippen LogP contribution in [0.3, 0.4) is 0 Å². The van der Waals surface area contributed by atoms with E-state index >= 15 is 0 Å². The van der Waals surface area contributed by atoms with Gasteiger partial charge in [0.25, 0.3) is 0 Å². The van der Waals surface area contributed by atoms with Crippen molar-refractivity contribution in [3.8, 4) is 0 Å². The van der Waals surface area contributed by atoms with Crippen LogP contribution in [0.1, 0.15) is 24.2 Å². The molecule has 1 aromatic carbocycles. The van der Waals surface area contributed by atoms with Gasteiger partial charge in [0.1, 0.15) is 0 Å². The van der Waals surface area contributed by atoms with E-state index in [2.05, 4.69) is 48.1 Å². The summed E-state index contributed by atoms with van der Waals surface area (Å²) in [5.41, 5.74) is 4.21. The molecule has 0 saturated heterocycles. The van der Waals surface area contributed by atoms with Crippen LogP contribution in [0.25, 0.3) is 10.9 Å². The summed E-state index contributed by atoms with van der Waals surface area (Å²) in [6.07, 6.45) is 1.17. The van der Waals surface area contributed by atoms with Crippen LogP contribution >= 0.6 is 0 Å². The van der Waals surface area contributed by atoms with Crippen LogP contribution in [0, 0.1) is 0 Å². The average molecular weight is 200 g/mol. The van der Waals surface area contributed by atoms with E-state index in [1.165, 1.54) is 28.6 Å². The lowest BCUT2D eigenvalue weighted by atomic mass is 9.99. The molecule has 2 heteroatoms. The van der Waals surface area contributed by atoms with Crippen molar-refractivity contribution >= 4 is 10.9 Å². The highest BCUT2D eigenvalue weighted by molar-refractivity contribution is 5.85. The third-order valence-electron chi connectivity index (χ3n) is 3.64. The molecule has 0 unspecified atom stereocenters. The number of fused-ring (bicyclic) bond motifs is 3. The fourth-order valence-corrected chi connectivity index (χ4v) is 2.55. The Bertz CT molecular complexity index is 498. The number of H-pyrrole nitrogens is 1. The van der Waals surface area contributed by atoms with Crippen LogP contribution in [0.5, 0.6) is 0 Å². The van der Waals surface area contributed by atoms with Gasteiger partial charge in [-0.1, -0.05) is 18.2 Å². The van der Waals surface area contributed by atoms with Crippen LogP contribution in [0.15, 0.2) is 24.3 Å². The molecule has 78 valence electrons. The Morgan fingerprint density at radius 1 is 1.33 bits per heavy atom. The molecule has 0 saturated carbocycles. The van der Waals surface area contributed by atoms with Gasteiger partial charge in [-0.3, -0.25) is 4.90 Å². The number of aromatic nitrogens is 1. The summed E-state index contributed by atoms with van der Waals surface area (Å²) in [6, 6.07) is 9.13. The topological polar surface area (TPSA) is 19.0 Å². The van der Waals surface area contributed by atoms with E-state index in [4.69, 9.17) is 0 Å². The van der Waals surface area contributed by atoms with Crippen LogP contribution in [0.2, 0.25) is 0 Å². The fraction of sp³-hybridized carbons (Fsp3) is 0.385. The van der Waals surface area contributed by atoms with E-state index in [0.29, 0.717) is 6.04 Å². The van der Waals surface area contributed by atoms with E-state index in [0.717, 1.165) is 6.54 Å². The minimum Gasteiger partial charge on any atom is -0.357 e. The minimum absolute atomic E-state index is 0.515. The molecular formula is C13H16N2. The molecule has 0 spiro atoms. The first-order valence-electron chi connectivity index (χ1n) is 5.57. The van der Waals surface area contributed by atoms with E-state index in [1.54, 1.807) is 0 Å². The molecule has 1 N–H and O–H groups in total. The minimum atomic E-state index is 0.515. The smallest absolute Gasteiger partial charge is 0.0470 e. The Hall–Kier alpha value is -1.28. The summed E-state index contributed by atoms with van der Waals surface area (Å²) in [6.45, 7) is 3.43. The van der Waals surface area contributed by atoms with Gasteiger partial charge in [0, 0.05) is 29.2 Å². The largest absolute Gasteiger partial charge is 0.357 e. The van der Waals surface area contributed by atoms with Crippen LogP contribution in [0.4, 0.5) is 0 Å². The molecule has 0 amide bonds. The molecule has 0 fully saturated rings. The molecular weight excluding hydrogens is 184 g/mol. The lowest BCUT2D eigenvalue weighted by molar-refractivity contribution is 0.244. The van der Waals surface area contributed by atoms with Gasteiger partial charge in [0.15, 0.2) is 0 Å². The first-order valence-corrected chi connectivity index (χ1v) is 5.57. The number of rotatable bonds is 0. The first kappa shape index (κ1) is 8.98. The van der Waals surface area contributed by atoms with E-state index in [-0.39, 0.29) is 0 Å². The Morgan fingerprint density at radius 2 is 2.13 bits per heavy atom. The number of hydrogen-bond donors (Lipinski definition) is 1. The summed E-state index contributed by atoms with van der Waals surface area (Å²) in [5, 5.41) is 1.41. The Labute approximate surface area is 89.9 Å². The maximum atomic E-state index is 3.55. The summed E-state index contributed by atoms with van der Waals surface area (Å²) in [4.78, 5) is 5.96. The SMILES string of the molecule is C[C@@H]1c2[nH]c3ccccc3c2CCN1C. The van der Waals surface area contributed by atoms with Gasteiger partial charge in [-0.25, -0.2) is 0 Å². The van der Waals surface area contributed by atoms with Crippen molar-refractivity contribution in [2.75, 3.05) is 13.6 Å². The normalized spacial score (nSPS) is 21.9. The van der Waals surface area contributed by atoms with Crippen molar-refractivity contribution in [2.45, 2.75) is 19.4 Å². The molecule has 3 rings (SSSR count). The molecule has 0 aliphatic carbocycles. The molecule has 1 aromatic heterocycles. The second-order valence-corrected chi connectivity index (χ2v) is 4.47. The van der Waals surface area contributed by atoms with Crippen molar-refractivity contribution < 1.29 is 0 Å². The molecule has 2 nitrogen and oxygen atoms in total. The number of benzene rings is 1. The number of nitrogens with zero attached hydrogens (tertiary/aromatic N) is 1. The zero-order valence-corrected chi connectivity index (χ0v) is 9.25. The molecule has 15 heavy (non-hydrogen) atoms. The Kier molecular flexibility index (Phi) is 1.86. The fourth-order valence-electron chi connectivity index (χ4n) is 2.55. The monoisotopic (exact) mass is 200 g/mol. The molecule has 1 aliphatic heterocycles. The molecule has 2 aromatic rings. The predicted molar refractivity (Wildman–Crippen MR) is 63.0 cm³/mol. The maximum Gasteiger partial charge on any atom is 0.0470 e. The predicted octanol–water partition coefficient (Wildman–Crippen LogP) is 2.72. The van der Waals surface area contributed by atoms with Crippen molar-refractivity contribution in [1.82, 2.24) is 9.88 Å². The molecule has 0 radical (unpaired) electrons. The highest BCUT2D eigenvalue weighted by atomic mass is 15.1. The van der Waals surface area contributed by atoms with Crippen LogP contribution < -0.4 is 0 Å². The van der Waals surface area contributed by atoms with Crippen molar-refractivity contribution in [1.29, 1.82) is 0 Å². The lowest BCUT2D eigenvalue weighted by Gasteiger charge is -2.29. The van der Waals surface area contributed by atoms with Gasteiger partial charge in [0.2, 0.25) is 0 Å². The van der Waals surface area contributed by atoms with Gasteiger partial charge >= 0.3 is 0 Å². The molecule has 1 atom stereocenters. The lowest BCUT2D eigenvalue weighted by Crippen LogP contribution is -2.30. The standard InChI is InChI=1S/C13H16N2/c1-9-13-11(7-8-15(9)2)10-5-3-4-6-12(10)14-13/h3-6,9,14H,7-8H2,1-2H3/t9-/m1/s1. The molecule has 2 heterocycles. The van der Waals surface area contributed by atoms with Gasteiger partial charge < -0.3 is 4.98 Å². The quantitative estimate of drug-likeness (QED) is 0.692. The van der Waals surface area contributed by atoms with E-state index in [1.807, 2.05) is 0 Å². The average Bonchev–Trinajstić information content (AvgIpc) is 2.63. The summed E-state index contributed by atoms with van der Waals surface area (Å²) >= 11 is 0.